The SMILES string of the molecule is O=C(CN1CCN(CCOc2ccccc2Cl)CC1)N1CCCC1c1cccs1. The summed E-state index contributed by atoms with van der Waals surface area (Å²) in [5.41, 5.74) is 0. The van der Waals surface area contributed by atoms with Crippen LogP contribution in [-0.4, -0.2) is 73.0 Å². The molecule has 1 unspecified atom stereocenters. The van der Waals surface area contributed by atoms with Gasteiger partial charge in [0.05, 0.1) is 17.6 Å². The topological polar surface area (TPSA) is 36.0 Å². The lowest BCUT2D eigenvalue weighted by atomic mass is 10.2. The number of hydrogen-bond acceptors (Lipinski definition) is 5. The van der Waals surface area contributed by atoms with Crippen LogP contribution in [0.1, 0.15) is 23.8 Å². The Hall–Kier alpha value is -1.60. The smallest absolute Gasteiger partial charge is 0.237 e. The van der Waals surface area contributed by atoms with Crippen LogP contribution >= 0.6 is 22.9 Å². The van der Waals surface area contributed by atoms with E-state index in [9.17, 15) is 4.79 Å². The Morgan fingerprint density at radius 3 is 2.62 bits per heavy atom. The molecular weight excluding hydrogens is 406 g/mol. The normalized spacial score (nSPS) is 20.9. The predicted molar refractivity (Wildman–Crippen MR) is 118 cm³/mol. The van der Waals surface area contributed by atoms with Crippen molar-refractivity contribution in [2.45, 2.75) is 18.9 Å². The maximum Gasteiger partial charge on any atom is 0.237 e. The van der Waals surface area contributed by atoms with Crippen molar-refractivity contribution in [3.63, 3.8) is 0 Å². The third-order valence-corrected chi connectivity index (χ3v) is 7.06. The van der Waals surface area contributed by atoms with Crippen molar-refractivity contribution in [2.75, 3.05) is 52.4 Å². The monoisotopic (exact) mass is 433 g/mol. The molecule has 5 nitrogen and oxygen atoms in total. The number of halogens is 1. The lowest BCUT2D eigenvalue weighted by Crippen LogP contribution is -2.50. The van der Waals surface area contributed by atoms with Crippen molar-refractivity contribution in [2.24, 2.45) is 0 Å². The molecule has 0 saturated carbocycles. The Kier molecular flexibility index (Phi) is 7.08. The molecule has 156 valence electrons. The molecule has 29 heavy (non-hydrogen) atoms. The van der Waals surface area contributed by atoms with E-state index in [1.807, 2.05) is 24.3 Å². The molecule has 1 aromatic heterocycles. The molecule has 0 aliphatic carbocycles. The van der Waals surface area contributed by atoms with Gasteiger partial charge >= 0.3 is 0 Å². The first-order valence-corrected chi connectivity index (χ1v) is 11.6. The molecule has 4 rings (SSSR count). The van der Waals surface area contributed by atoms with Gasteiger partial charge in [-0.05, 0) is 36.4 Å². The van der Waals surface area contributed by atoms with Gasteiger partial charge in [-0.15, -0.1) is 11.3 Å². The lowest BCUT2D eigenvalue weighted by Gasteiger charge is -2.35. The van der Waals surface area contributed by atoms with Crippen LogP contribution in [0.2, 0.25) is 5.02 Å². The molecule has 2 aromatic rings. The Morgan fingerprint density at radius 2 is 1.86 bits per heavy atom. The standard InChI is InChI=1S/C22H28ClN3O2S/c23-18-5-1-2-7-20(18)28-15-14-24-10-12-25(13-11-24)17-22(27)26-9-3-6-19(26)21-8-4-16-29-21/h1-2,4-5,7-8,16,19H,3,6,9-15,17H2. The van der Waals surface area contributed by atoms with Crippen LogP contribution in [0.25, 0.3) is 0 Å². The van der Waals surface area contributed by atoms with Gasteiger partial charge in [-0.3, -0.25) is 14.6 Å². The summed E-state index contributed by atoms with van der Waals surface area (Å²) in [6, 6.07) is 12.1. The Bertz CT molecular complexity index is 793. The number of ether oxygens (including phenoxy) is 1. The number of piperazine rings is 1. The van der Waals surface area contributed by atoms with Crippen molar-refractivity contribution in [1.29, 1.82) is 0 Å². The third kappa shape index (κ3) is 5.31. The molecule has 0 spiro atoms. The van der Waals surface area contributed by atoms with E-state index in [-0.39, 0.29) is 11.9 Å². The van der Waals surface area contributed by atoms with Crippen molar-refractivity contribution in [1.82, 2.24) is 14.7 Å². The van der Waals surface area contributed by atoms with Gasteiger partial charge in [0, 0.05) is 44.1 Å². The molecular formula is C22H28ClN3O2S. The first-order valence-electron chi connectivity index (χ1n) is 10.4. The molecule has 7 heteroatoms. The van der Waals surface area contributed by atoms with E-state index >= 15 is 0 Å². The molecule has 1 amide bonds. The fourth-order valence-electron chi connectivity index (χ4n) is 4.14. The van der Waals surface area contributed by atoms with Crippen LogP contribution < -0.4 is 4.74 Å². The highest BCUT2D eigenvalue weighted by atomic mass is 35.5. The predicted octanol–water partition coefficient (Wildman–Crippen LogP) is 3.76. The fraction of sp³-hybridized carbons (Fsp3) is 0.500. The molecule has 1 aromatic carbocycles. The second-order valence-electron chi connectivity index (χ2n) is 7.66. The van der Waals surface area contributed by atoms with Crippen LogP contribution in [0.3, 0.4) is 0 Å². The quantitative estimate of drug-likeness (QED) is 0.666. The van der Waals surface area contributed by atoms with E-state index in [0.717, 1.165) is 57.9 Å². The summed E-state index contributed by atoms with van der Waals surface area (Å²) in [6.07, 6.45) is 2.19. The van der Waals surface area contributed by atoms with Crippen molar-refractivity contribution < 1.29 is 9.53 Å². The van der Waals surface area contributed by atoms with Crippen LogP contribution in [0.15, 0.2) is 41.8 Å². The van der Waals surface area contributed by atoms with E-state index in [2.05, 4.69) is 32.2 Å². The maximum absolute atomic E-state index is 12.9. The number of benzene rings is 1. The van der Waals surface area contributed by atoms with Gasteiger partial charge in [0.2, 0.25) is 5.91 Å². The number of thiophene rings is 1. The minimum Gasteiger partial charge on any atom is -0.491 e. The molecule has 0 radical (unpaired) electrons. The van der Waals surface area contributed by atoms with E-state index in [4.69, 9.17) is 16.3 Å². The zero-order valence-corrected chi connectivity index (χ0v) is 18.2. The third-order valence-electron chi connectivity index (χ3n) is 5.77. The summed E-state index contributed by atoms with van der Waals surface area (Å²) in [5.74, 6) is 1.01. The van der Waals surface area contributed by atoms with Crippen molar-refractivity contribution >= 4 is 28.8 Å². The molecule has 2 aliphatic heterocycles. The van der Waals surface area contributed by atoms with Gasteiger partial charge in [0.25, 0.3) is 0 Å². The summed E-state index contributed by atoms with van der Waals surface area (Å²) >= 11 is 7.89. The minimum atomic E-state index is 0.274. The van der Waals surface area contributed by atoms with E-state index in [1.165, 1.54) is 4.88 Å². The van der Waals surface area contributed by atoms with Gasteiger partial charge in [-0.1, -0.05) is 29.8 Å². The second kappa shape index (κ2) is 9.94. The molecule has 3 heterocycles. The van der Waals surface area contributed by atoms with E-state index in [1.54, 1.807) is 11.3 Å². The summed E-state index contributed by atoms with van der Waals surface area (Å²) in [7, 11) is 0. The summed E-state index contributed by atoms with van der Waals surface area (Å²) < 4.78 is 5.80. The number of hydrogen-bond donors (Lipinski definition) is 0. The summed E-state index contributed by atoms with van der Waals surface area (Å²) in [5, 5.41) is 2.75. The number of rotatable bonds is 7. The zero-order chi connectivity index (χ0) is 20.1. The Labute approximate surface area is 181 Å². The fourth-order valence-corrected chi connectivity index (χ4v) is 5.21. The second-order valence-corrected chi connectivity index (χ2v) is 9.04. The molecule has 2 aliphatic rings. The number of amides is 1. The highest BCUT2D eigenvalue weighted by molar-refractivity contribution is 7.10. The Morgan fingerprint density at radius 1 is 1.07 bits per heavy atom. The van der Waals surface area contributed by atoms with Gasteiger partial charge in [-0.2, -0.15) is 0 Å². The first kappa shape index (κ1) is 20.7. The minimum absolute atomic E-state index is 0.274. The van der Waals surface area contributed by atoms with Crippen LogP contribution in [0.5, 0.6) is 5.75 Å². The molecule has 2 saturated heterocycles. The molecule has 0 bridgehead atoms. The van der Waals surface area contributed by atoms with Crippen LogP contribution in [0.4, 0.5) is 0 Å². The largest absolute Gasteiger partial charge is 0.491 e. The number of carbonyl (C=O) groups excluding carboxylic acids is 1. The number of nitrogens with zero attached hydrogens (tertiary/aromatic N) is 3. The zero-order valence-electron chi connectivity index (χ0n) is 16.6. The highest BCUT2D eigenvalue weighted by Gasteiger charge is 2.31. The highest BCUT2D eigenvalue weighted by Crippen LogP contribution is 2.34. The molecule has 2 fully saturated rings. The summed E-state index contributed by atoms with van der Waals surface area (Å²) in [6.45, 7) is 6.71. The average molecular weight is 434 g/mol. The van der Waals surface area contributed by atoms with Gasteiger partial charge < -0.3 is 9.64 Å². The van der Waals surface area contributed by atoms with Crippen LogP contribution in [0, 0.1) is 0 Å². The number of likely N-dealkylation sites (tertiary alicyclic amines) is 1. The van der Waals surface area contributed by atoms with Crippen molar-refractivity contribution in [3.05, 3.63) is 51.7 Å². The van der Waals surface area contributed by atoms with E-state index in [0.29, 0.717) is 18.2 Å². The lowest BCUT2D eigenvalue weighted by molar-refractivity contribution is -0.133. The van der Waals surface area contributed by atoms with Gasteiger partial charge in [0.15, 0.2) is 0 Å². The summed E-state index contributed by atoms with van der Waals surface area (Å²) in [4.78, 5) is 21.0. The number of carbonyl (C=O) groups is 1. The maximum atomic E-state index is 12.9. The van der Waals surface area contributed by atoms with Crippen molar-refractivity contribution in [3.8, 4) is 5.75 Å². The van der Waals surface area contributed by atoms with Gasteiger partial charge in [0.1, 0.15) is 12.4 Å². The van der Waals surface area contributed by atoms with Gasteiger partial charge in [-0.25, -0.2) is 0 Å². The van der Waals surface area contributed by atoms with Crippen LogP contribution in [-0.2, 0) is 4.79 Å². The molecule has 0 N–H and O–H groups in total. The number of para-hydroxylation sites is 1. The van der Waals surface area contributed by atoms with E-state index < -0.39 is 0 Å². The average Bonchev–Trinajstić information content (AvgIpc) is 3.42. The Balaban J connectivity index is 1.19. The molecule has 1 atom stereocenters. The first-order chi connectivity index (χ1) is 14.2.